The van der Waals surface area contributed by atoms with Crippen LogP contribution < -0.4 is 0 Å². The lowest BCUT2D eigenvalue weighted by Crippen LogP contribution is -2.67. The molecule has 2 aromatic carbocycles. The van der Waals surface area contributed by atoms with E-state index < -0.39 is 0 Å². The molecule has 4 nitrogen and oxygen atoms in total. The summed E-state index contributed by atoms with van der Waals surface area (Å²) in [5.41, 5.74) is 2.67. The molecule has 0 aliphatic carbocycles. The Bertz CT molecular complexity index is 653. The van der Waals surface area contributed by atoms with E-state index in [0.29, 0.717) is 6.04 Å². The minimum absolute atomic E-state index is 0.146. The highest BCUT2D eigenvalue weighted by Gasteiger charge is 2.40. The summed E-state index contributed by atoms with van der Waals surface area (Å²) in [7, 11) is 5.94. The number of benzene rings is 2. The van der Waals surface area contributed by atoms with Crippen LogP contribution in [0.3, 0.4) is 0 Å². The Morgan fingerprint density at radius 2 is 1.46 bits per heavy atom. The maximum Gasteiger partial charge on any atom is 0.182 e. The molecule has 0 amide bonds. The van der Waals surface area contributed by atoms with Crippen LogP contribution in [-0.4, -0.2) is 79.1 Å². The maximum absolute atomic E-state index is 9.74. The third-order valence-electron chi connectivity index (χ3n) is 5.73. The fourth-order valence-corrected chi connectivity index (χ4v) is 4.33. The summed E-state index contributed by atoms with van der Waals surface area (Å²) in [6.07, 6.45) is 0. The van der Waals surface area contributed by atoms with E-state index in [0.717, 1.165) is 32.7 Å². The predicted molar refractivity (Wildman–Crippen MR) is 105 cm³/mol. The number of hydrogen-bond acceptors (Lipinski definition) is 4. The number of rotatable bonds is 5. The van der Waals surface area contributed by atoms with Crippen molar-refractivity contribution in [1.82, 2.24) is 14.6 Å². The van der Waals surface area contributed by atoms with Gasteiger partial charge < -0.3 is 9.92 Å². The minimum atomic E-state index is 0.146. The van der Waals surface area contributed by atoms with Crippen molar-refractivity contribution in [2.45, 2.75) is 18.1 Å². The van der Waals surface area contributed by atoms with Crippen LogP contribution in [0, 0.1) is 0 Å². The van der Waals surface area contributed by atoms with Crippen LogP contribution in [0.15, 0.2) is 60.7 Å². The molecular formula is C21H26BN3O. The molecule has 2 aliphatic rings. The van der Waals surface area contributed by atoms with Crippen molar-refractivity contribution in [3.63, 3.8) is 0 Å². The highest BCUT2D eigenvalue weighted by molar-refractivity contribution is 6.04. The van der Waals surface area contributed by atoms with Crippen LogP contribution in [-0.2, 0) is 0 Å². The second-order valence-corrected chi connectivity index (χ2v) is 7.40. The van der Waals surface area contributed by atoms with Gasteiger partial charge in [0.05, 0.1) is 12.6 Å². The Labute approximate surface area is 157 Å². The lowest BCUT2D eigenvalue weighted by atomic mass is 9.91. The molecule has 1 unspecified atom stereocenters. The number of piperazine rings is 1. The first kappa shape index (κ1) is 17.7. The smallest absolute Gasteiger partial charge is 0.182 e. The number of hydrogen-bond donors (Lipinski definition) is 1. The molecule has 2 radical (unpaired) electrons. The van der Waals surface area contributed by atoms with Gasteiger partial charge in [-0.05, 0) is 17.7 Å². The molecule has 0 saturated carbocycles. The lowest BCUT2D eigenvalue weighted by Gasteiger charge is -2.53. The van der Waals surface area contributed by atoms with Crippen molar-refractivity contribution in [3.05, 3.63) is 71.8 Å². The largest absolute Gasteiger partial charge is 0.395 e. The Hall–Kier alpha value is -1.66. The van der Waals surface area contributed by atoms with E-state index in [4.69, 9.17) is 7.98 Å². The van der Waals surface area contributed by atoms with Gasteiger partial charge in [-0.2, -0.15) is 0 Å². The van der Waals surface area contributed by atoms with Crippen molar-refractivity contribution < 1.29 is 5.11 Å². The summed E-state index contributed by atoms with van der Waals surface area (Å²) in [4.78, 5) is 6.82. The molecule has 1 atom stereocenters. The van der Waals surface area contributed by atoms with Crippen molar-refractivity contribution in [1.29, 1.82) is 0 Å². The molecule has 134 valence electrons. The third-order valence-corrected chi connectivity index (χ3v) is 5.73. The topological polar surface area (TPSA) is 30.0 Å². The van der Waals surface area contributed by atoms with Crippen molar-refractivity contribution >= 4 is 7.98 Å². The summed E-state index contributed by atoms with van der Waals surface area (Å²) in [5.74, 6) is 0. The number of likely N-dealkylation sites (tertiary alicyclic amines) is 1. The standard InChI is InChI=1S/C21H26BN3O/c22-24-11-12-25(20(15-24)16-26)19-13-23(14-19)21(17-7-3-1-4-8-17)18-9-5-2-6-10-18/h1-10,19-21,26H,11-16H2. The number of aliphatic hydroxyl groups is 1. The molecule has 4 rings (SSSR count). The fourth-order valence-electron chi connectivity index (χ4n) is 4.33. The van der Waals surface area contributed by atoms with E-state index in [-0.39, 0.29) is 18.7 Å². The Kier molecular flexibility index (Phi) is 5.41. The van der Waals surface area contributed by atoms with Gasteiger partial charge in [0, 0.05) is 38.3 Å². The van der Waals surface area contributed by atoms with Gasteiger partial charge in [-0.15, -0.1) is 0 Å². The molecule has 2 fully saturated rings. The average Bonchev–Trinajstić information content (AvgIpc) is 2.66. The van der Waals surface area contributed by atoms with E-state index in [1.807, 2.05) is 4.81 Å². The van der Waals surface area contributed by atoms with Crippen LogP contribution >= 0.6 is 0 Å². The van der Waals surface area contributed by atoms with E-state index in [1.54, 1.807) is 0 Å². The molecule has 1 N–H and O–H groups in total. The molecule has 26 heavy (non-hydrogen) atoms. The zero-order chi connectivity index (χ0) is 17.9. The highest BCUT2D eigenvalue weighted by Crippen LogP contribution is 2.34. The van der Waals surface area contributed by atoms with E-state index in [9.17, 15) is 5.11 Å². The van der Waals surface area contributed by atoms with Crippen molar-refractivity contribution in [2.75, 3.05) is 39.3 Å². The van der Waals surface area contributed by atoms with Crippen molar-refractivity contribution in [2.24, 2.45) is 0 Å². The average molecular weight is 347 g/mol. The molecule has 0 bridgehead atoms. The molecule has 5 heteroatoms. The Morgan fingerprint density at radius 1 is 0.885 bits per heavy atom. The SMILES string of the molecule is [B]N1CCN(C2CN(C(c3ccccc3)c3ccccc3)C2)C(CO)C1. The summed E-state index contributed by atoms with van der Waals surface area (Å²) >= 11 is 0. The van der Waals surface area contributed by atoms with Crippen LogP contribution in [0.5, 0.6) is 0 Å². The summed E-state index contributed by atoms with van der Waals surface area (Å²) < 4.78 is 0. The van der Waals surface area contributed by atoms with Gasteiger partial charge in [0.1, 0.15) is 0 Å². The lowest BCUT2D eigenvalue weighted by molar-refractivity contribution is -0.0405. The second kappa shape index (κ2) is 7.93. The third kappa shape index (κ3) is 3.58. The summed E-state index contributed by atoms with van der Waals surface area (Å²) in [5, 5.41) is 9.74. The van der Waals surface area contributed by atoms with Gasteiger partial charge in [-0.3, -0.25) is 9.80 Å². The Balaban J connectivity index is 1.49. The summed E-state index contributed by atoms with van der Waals surface area (Å²) in [6.45, 7) is 4.76. The van der Waals surface area contributed by atoms with Crippen LogP contribution in [0.2, 0.25) is 0 Å². The Morgan fingerprint density at radius 3 is 2.00 bits per heavy atom. The van der Waals surface area contributed by atoms with E-state index >= 15 is 0 Å². The van der Waals surface area contributed by atoms with E-state index in [2.05, 4.69) is 70.5 Å². The zero-order valence-electron chi connectivity index (χ0n) is 15.1. The maximum atomic E-state index is 9.74. The first-order valence-corrected chi connectivity index (χ1v) is 9.46. The van der Waals surface area contributed by atoms with Crippen LogP contribution in [0.25, 0.3) is 0 Å². The van der Waals surface area contributed by atoms with Gasteiger partial charge in [0.15, 0.2) is 7.98 Å². The number of nitrogens with zero attached hydrogens (tertiary/aromatic N) is 3. The first-order chi connectivity index (χ1) is 12.8. The van der Waals surface area contributed by atoms with Gasteiger partial charge in [0.25, 0.3) is 0 Å². The molecule has 2 aliphatic heterocycles. The molecule has 2 aromatic rings. The van der Waals surface area contributed by atoms with Gasteiger partial charge in [-0.25, -0.2) is 0 Å². The summed E-state index contributed by atoms with van der Waals surface area (Å²) in [6, 6.07) is 22.4. The molecular weight excluding hydrogens is 321 g/mol. The minimum Gasteiger partial charge on any atom is -0.395 e. The second-order valence-electron chi connectivity index (χ2n) is 7.40. The molecule has 2 saturated heterocycles. The fraction of sp³-hybridized carbons (Fsp3) is 0.429. The molecule has 0 aromatic heterocycles. The van der Waals surface area contributed by atoms with Crippen LogP contribution in [0.4, 0.5) is 0 Å². The van der Waals surface area contributed by atoms with E-state index in [1.165, 1.54) is 11.1 Å². The first-order valence-electron chi connectivity index (χ1n) is 9.46. The van der Waals surface area contributed by atoms with Crippen molar-refractivity contribution in [3.8, 4) is 0 Å². The zero-order valence-corrected chi connectivity index (χ0v) is 15.1. The van der Waals surface area contributed by atoms with Gasteiger partial charge >= 0.3 is 0 Å². The normalized spacial score (nSPS) is 23.2. The quantitative estimate of drug-likeness (QED) is 0.831. The van der Waals surface area contributed by atoms with Gasteiger partial charge in [-0.1, -0.05) is 60.7 Å². The van der Waals surface area contributed by atoms with Crippen LogP contribution in [0.1, 0.15) is 17.2 Å². The molecule has 0 spiro atoms. The highest BCUT2D eigenvalue weighted by atomic mass is 16.3. The monoisotopic (exact) mass is 347 g/mol. The number of aliphatic hydroxyl groups excluding tert-OH is 1. The predicted octanol–water partition coefficient (Wildman–Crippen LogP) is 1.52. The molecule has 2 heterocycles. The van der Waals surface area contributed by atoms with Gasteiger partial charge in [0.2, 0.25) is 0 Å².